The molecule has 1 aliphatic rings. The minimum Gasteiger partial charge on any atom is -0.338 e. The van der Waals surface area contributed by atoms with Crippen molar-refractivity contribution < 1.29 is 13.2 Å². The number of piperazine rings is 1. The van der Waals surface area contributed by atoms with Gasteiger partial charge in [-0.25, -0.2) is 13.2 Å². The molecule has 0 atom stereocenters. The first-order valence-electron chi connectivity index (χ1n) is 8.80. The Morgan fingerprint density at radius 3 is 2.26 bits per heavy atom. The van der Waals surface area contributed by atoms with Crippen molar-refractivity contribution in [3.05, 3.63) is 65.2 Å². The van der Waals surface area contributed by atoms with Crippen molar-refractivity contribution in [1.82, 2.24) is 14.5 Å². The number of hydrogen-bond acceptors (Lipinski definition) is 3. The van der Waals surface area contributed by atoms with E-state index >= 15 is 0 Å². The van der Waals surface area contributed by atoms with Crippen molar-refractivity contribution in [3.63, 3.8) is 0 Å². The third-order valence-corrected chi connectivity index (χ3v) is 6.82. The van der Waals surface area contributed by atoms with Crippen molar-refractivity contribution in [2.75, 3.05) is 32.7 Å². The van der Waals surface area contributed by atoms with E-state index in [0.29, 0.717) is 31.1 Å². The van der Waals surface area contributed by atoms with Crippen molar-refractivity contribution in [2.24, 2.45) is 0 Å². The summed E-state index contributed by atoms with van der Waals surface area (Å²) in [5, 5.41) is 3.56. The number of benzene rings is 2. The zero-order valence-electron chi connectivity index (χ0n) is 14.8. The number of halogens is 1. The van der Waals surface area contributed by atoms with Crippen LogP contribution in [0.3, 0.4) is 0 Å². The van der Waals surface area contributed by atoms with Crippen LogP contribution in [0.4, 0.5) is 4.79 Å². The second kappa shape index (κ2) is 8.73. The summed E-state index contributed by atoms with van der Waals surface area (Å²) in [6.07, 6.45) is 0.647. The van der Waals surface area contributed by atoms with Gasteiger partial charge < -0.3 is 10.2 Å². The Morgan fingerprint density at radius 2 is 1.59 bits per heavy atom. The van der Waals surface area contributed by atoms with Crippen molar-refractivity contribution in [1.29, 1.82) is 0 Å². The zero-order valence-corrected chi connectivity index (χ0v) is 16.4. The molecule has 1 aliphatic heterocycles. The SMILES string of the molecule is O=C(NCCc1ccccc1Cl)N1CCN(S(=O)(=O)c2ccccc2)CC1. The standard InChI is InChI=1S/C19H22ClN3O3S/c20-18-9-5-4-6-16(18)10-11-21-19(24)22-12-14-23(15-13-22)27(25,26)17-7-2-1-3-8-17/h1-9H,10-15H2,(H,21,24). The van der Waals surface area contributed by atoms with Crippen LogP contribution in [0.2, 0.25) is 5.02 Å². The summed E-state index contributed by atoms with van der Waals surface area (Å²) in [4.78, 5) is 14.2. The van der Waals surface area contributed by atoms with Gasteiger partial charge in [-0.2, -0.15) is 4.31 Å². The number of carbonyl (C=O) groups excluding carboxylic acids is 1. The molecule has 1 fully saturated rings. The fourth-order valence-electron chi connectivity index (χ4n) is 2.99. The molecule has 0 saturated carbocycles. The Morgan fingerprint density at radius 1 is 0.963 bits per heavy atom. The van der Waals surface area contributed by atoms with E-state index < -0.39 is 10.0 Å². The Bertz CT molecular complexity index is 882. The second-order valence-electron chi connectivity index (χ2n) is 6.28. The maximum atomic E-state index is 12.6. The fourth-order valence-corrected chi connectivity index (χ4v) is 4.66. The first-order valence-corrected chi connectivity index (χ1v) is 10.6. The van der Waals surface area contributed by atoms with Crippen LogP contribution >= 0.6 is 11.6 Å². The molecule has 0 radical (unpaired) electrons. The van der Waals surface area contributed by atoms with Gasteiger partial charge in [0.25, 0.3) is 0 Å². The van der Waals surface area contributed by atoms with E-state index in [1.807, 2.05) is 24.3 Å². The summed E-state index contributed by atoms with van der Waals surface area (Å²) >= 11 is 6.11. The Hall–Kier alpha value is -2.09. The number of rotatable bonds is 5. The molecular weight excluding hydrogens is 386 g/mol. The highest BCUT2D eigenvalue weighted by atomic mass is 35.5. The van der Waals surface area contributed by atoms with Crippen LogP contribution in [0.15, 0.2) is 59.5 Å². The molecule has 0 spiro atoms. The van der Waals surface area contributed by atoms with Gasteiger partial charge in [0.05, 0.1) is 4.90 Å². The predicted octanol–water partition coefficient (Wildman–Crippen LogP) is 2.60. The quantitative estimate of drug-likeness (QED) is 0.828. The van der Waals surface area contributed by atoms with E-state index in [-0.39, 0.29) is 24.0 Å². The molecule has 27 heavy (non-hydrogen) atoms. The van der Waals surface area contributed by atoms with Gasteiger partial charge in [-0.3, -0.25) is 0 Å². The second-order valence-corrected chi connectivity index (χ2v) is 8.62. The van der Waals surface area contributed by atoms with Gasteiger partial charge in [-0.1, -0.05) is 48.0 Å². The van der Waals surface area contributed by atoms with Gasteiger partial charge in [-0.05, 0) is 30.2 Å². The van der Waals surface area contributed by atoms with Gasteiger partial charge in [0.1, 0.15) is 0 Å². The highest BCUT2D eigenvalue weighted by Gasteiger charge is 2.29. The van der Waals surface area contributed by atoms with Crippen molar-refractivity contribution >= 4 is 27.7 Å². The topological polar surface area (TPSA) is 69.7 Å². The monoisotopic (exact) mass is 407 g/mol. The lowest BCUT2D eigenvalue weighted by atomic mass is 10.1. The predicted molar refractivity (Wildman–Crippen MR) is 105 cm³/mol. The summed E-state index contributed by atoms with van der Waals surface area (Å²) in [6.45, 7) is 1.78. The van der Waals surface area contributed by atoms with E-state index in [4.69, 9.17) is 11.6 Å². The molecule has 0 aliphatic carbocycles. The Labute approximate surface area is 164 Å². The maximum absolute atomic E-state index is 12.6. The average Bonchev–Trinajstić information content (AvgIpc) is 2.70. The van der Waals surface area contributed by atoms with Crippen LogP contribution in [0.1, 0.15) is 5.56 Å². The summed E-state index contributed by atoms with van der Waals surface area (Å²) in [5.74, 6) is 0. The molecule has 8 heteroatoms. The average molecular weight is 408 g/mol. The van der Waals surface area contributed by atoms with Gasteiger partial charge in [0.15, 0.2) is 0 Å². The normalized spacial score (nSPS) is 15.5. The van der Waals surface area contributed by atoms with E-state index in [9.17, 15) is 13.2 Å². The van der Waals surface area contributed by atoms with E-state index in [2.05, 4.69) is 5.32 Å². The fraction of sp³-hybridized carbons (Fsp3) is 0.316. The highest BCUT2D eigenvalue weighted by Crippen LogP contribution is 2.17. The molecule has 1 N–H and O–H groups in total. The Kier molecular flexibility index (Phi) is 6.36. The lowest BCUT2D eigenvalue weighted by molar-refractivity contribution is 0.172. The molecule has 0 unspecified atom stereocenters. The van der Waals surface area contributed by atoms with Gasteiger partial charge >= 0.3 is 6.03 Å². The molecule has 0 bridgehead atoms. The maximum Gasteiger partial charge on any atom is 0.317 e. The smallest absolute Gasteiger partial charge is 0.317 e. The summed E-state index contributed by atoms with van der Waals surface area (Å²) < 4.78 is 26.7. The molecule has 2 amide bonds. The van der Waals surface area contributed by atoms with Crippen molar-refractivity contribution in [2.45, 2.75) is 11.3 Å². The van der Waals surface area contributed by atoms with Crippen LogP contribution < -0.4 is 5.32 Å². The van der Waals surface area contributed by atoms with Crippen LogP contribution in [0.5, 0.6) is 0 Å². The van der Waals surface area contributed by atoms with Crippen LogP contribution in [-0.4, -0.2) is 56.4 Å². The molecule has 1 heterocycles. The molecule has 1 saturated heterocycles. The molecule has 2 aromatic carbocycles. The van der Waals surface area contributed by atoms with E-state index in [1.54, 1.807) is 35.2 Å². The number of urea groups is 1. The zero-order chi connectivity index (χ0) is 19.3. The van der Waals surface area contributed by atoms with Crippen LogP contribution in [-0.2, 0) is 16.4 Å². The third-order valence-electron chi connectivity index (χ3n) is 4.54. The summed E-state index contributed by atoms with van der Waals surface area (Å²) in [5.41, 5.74) is 0.984. The minimum atomic E-state index is -3.51. The first-order chi connectivity index (χ1) is 13.0. The molecule has 6 nitrogen and oxygen atoms in total. The molecule has 144 valence electrons. The molecule has 0 aromatic heterocycles. The van der Waals surface area contributed by atoms with Gasteiger partial charge in [0, 0.05) is 37.7 Å². The van der Waals surface area contributed by atoms with Crippen molar-refractivity contribution in [3.8, 4) is 0 Å². The summed E-state index contributed by atoms with van der Waals surface area (Å²) in [7, 11) is -3.51. The van der Waals surface area contributed by atoms with Gasteiger partial charge in [0.2, 0.25) is 10.0 Å². The lowest BCUT2D eigenvalue weighted by Crippen LogP contribution is -2.53. The number of nitrogens with one attached hydrogen (secondary N) is 1. The van der Waals surface area contributed by atoms with Gasteiger partial charge in [-0.15, -0.1) is 0 Å². The molecular formula is C19H22ClN3O3S. The summed E-state index contributed by atoms with van der Waals surface area (Å²) in [6, 6.07) is 15.7. The number of sulfonamides is 1. The van der Waals surface area contributed by atoms with Crippen LogP contribution in [0.25, 0.3) is 0 Å². The lowest BCUT2D eigenvalue weighted by Gasteiger charge is -2.34. The Balaban J connectivity index is 1.49. The first kappa shape index (κ1) is 19.7. The van der Waals surface area contributed by atoms with E-state index in [1.165, 1.54) is 4.31 Å². The number of carbonyl (C=O) groups is 1. The minimum absolute atomic E-state index is 0.182. The number of amides is 2. The molecule has 2 aromatic rings. The largest absolute Gasteiger partial charge is 0.338 e. The number of hydrogen-bond donors (Lipinski definition) is 1. The highest BCUT2D eigenvalue weighted by molar-refractivity contribution is 7.89. The van der Waals surface area contributed by atoms with Crippen LogP contribution in [0, 0.1) is 0 Å². The molecule has 3 rings (SSSR count). The van der Waals surface area contributed by atoms with E-state index in [0.717, 1.165) is 5.56 Å². The third kappa shape index (κ3) is 4.80. The number of nitrogens with zero attached hydrogens (tertiary/aromatic N) is 2.